The molecule has 2 nitrogen and oxygen atoms in total. The molecule has 0 atom stereocenters. The molecule has 1 aromatic rings. The van der Waals surface area contributed by atoms with Crippen molar-refractivity contribution in [1.82, 2.24) is 0 Å². The monoisotopic (exact) mass is 259 g/mol. The zero-order chi connectivity index (χ0) is 11.8. The number of hydrogen-bond acceptors (Lipinski definition) is 2. The number of anilines is 1. The predicted octanol–water partition coefficient (Wildman–Crippen LogP) is 3.99. The molecule has 0 aliphatic heterocycles. The van der Waals surface area contributed by atoms with Gasteiger partial charge in [0.15, 0.2) is 0 Å². The fourth-order valence-electron chi connectivity index (χ4n) is 1.31. The number of hydrogen-bond donors (Lipinski definition) is 1. The first kappa shape index (κ1) is 13.2. The van der Waals surface area contributed by atoms with Crippen LogP contribution in [0.4, 0.5) is 5.69 Å². The van der Waals surface area contributed by atoms with Gasteiger partial charge in [0.05, 0.1) is 12.5 Å². The van der Waals surface area contributed by atoms with E-state index in [1.165, 1.54) is 5.54 Å². The van der Waals surface area contributed by atoms with Gasteiger partial charge in [-0.05, 0) is 25.1 Å². The van der Waals surface area contributed by atoms with Crippen LogP contribution in [-0.2, 0) is 5.88 Å². The van der Waals surface area contributed by atoms with E-state index in [2.05, 4.69) is 5.32 Å². The maximum atomic E-state index is 5.86. The summed E-state index contributed by atoms with van der Waals surface area (Å²) < 4.78 is 5.46. The molecule has 0 aromatic heterocycles. The van der Waals surface area contributed by atoms with E-state index in [4.69, 9.17) is 27.9 Å². The largest absolute Gasteiger partial charge is 0.494 e. The molecule has 0 unspecified atom stereocenters. The number of halogens is 2. The maximum Gasteiger partial charge on any atom is 0.123 e. The Kier molecular flexibility index (Phi) is 6.12. The molecule has 0 spiro atoms. The molecule has 0 bridgehead atoms. The lowest BCUT2D eigenvalue weighted by Gasteiger charge is -2.10. The molecule has 0 aliphatic carbocycles. The summed E-state index contributed by atoms with van der Waals surface area (Å²) in [6.45, 7) is 3.29. The van der Waals surface area contributed by atoms with Gasteiger partial charge in [-0.25, -0.2) is 0 Å². The molecule has 16 heavy (non-hydrogen) atoms. The highest BCUT2D eigenvalue weighted by Gasteiger charge is 2.03. The topological polar surface area (TPSA) is 21.3 Å². The van der Waals surface area contributed by atoms with Crippen LogP contribution >= 0.6 is 23.2 Å². The van der Waals surface area contributed by atoms with Gasteiger partial charge in [0, 0.05) is 23.3 Å². The predicted molar refractivity (Wildman–Crippen MR) is 70.7 cm³/mol. The number of nitrogens with one attached hydrogen (secondary N) is 1. The molecule has 0 fully saturated rings. The lowest BCUT2D eigenvalue weighted by atomic mass is 10.2. The zero-order valence-electron chi connectivity index (χ0n) is 9.17. The van der Waals surface area contributed by atoms with Gasteiger partial charge in [-0.1, -0.05) is 17.7 Å². The number of alkyl halides is 1. The lowest BCUT2D eigenvalue weighted by molar-refractivity contribution is 0.337. The van der Waals surface area contributed by atoms with E-state index in [1.807, 2.05) is 31.2 Å². The van der Waals surface area contributed by atoms with Crippen LogP contribution in [0.1, 0.15) is 12.5 Å². The Bertz CT molecular complexity index is 353. The molecule has 0 radical (unpaired) electrons. The average Bonchev–Trinajstić information content (AvgIpc) is 2.31. The standard InChI is InChI=1S/C12H15Cl2NO/c1-2-16-12-5-4-11(8-10(12)9-14)15-7-3-6-13/h3-6,8,15H,2,7,9H2,1H3/b6-3+. The third-order valence-corrected chi connectivity index (χ3v) is 2.48. The second-order valence-corrected chi connectivity index (χ2v) is 3.65. The van der Waals surface area contributed by atoms with E-state index in [1.54, 1.807) is 0 Å². The van der Waals surface area contributed by atoms with Gasteiger partial charge in [0.25, 0.3) is 0 Å². The average molecular weight is 260 g/mol. The molecule has 1 rings (SSSR count). The first-order valence-corrected chi connectivity index (χ1v) is 6.09. The van der Waals surface area contributed by atoms with Crippen molar-refractivity contribution in [2.24, 2.45) is 0 Å². The van der Waals surface area contributed by atoms with Crippen molar-refractivity contribution in [3.8, 4) is 5.75 Å². The maximum absolute atomic E-state index is 5.86. The van der Waals surface area contributed by atoms with E-state index in [0.29, 0.717) is 19.0 Å². The summed E-state index contributed by atoms with van der Waals surface area (Å²) in [6.07, 6.45) is 1.83. The van der Waals surface area contributed by atoms with Crippen LogP contribution < -0.4 is 10.1 Å². The Morgan fingerprint density at radius 1 is 1.44 bits per heavy atom. The minimum Gasteiger partial charge on any atom is -0.494 e. The second-order valence-electron chi connectivity index (χ2n) is 3.13. The second kappa shape index (κ2) is 7.42. The summed E-state index contributed by atoms with van der Waals surface area (Å²) in [6, 6.07) is 5.87. The van der Waals surface area contributed by atoms with E-state index >= 15 is 0 Å². The molecule has 0 aliphatic rings. The molecule has 4 heteroatoms. The van der Waals surface area contributed by atoms with Gasteiger partial charge >= 0.3 is 0 Å². The summed E-state index contributed by atoms with van der Waals surface area (Å²) >= 11 is 11.3. The van der Waals surface area contributed by atoms with Crippen molar-refractivity contribution in [2.75, 3.05) is 18.5 Å². The van der Waals surface area contributed by atoms with Crippen LogP contribution in [0.25, 0.3) is 0 Å². The summed E-state index contributed by atoms with van der Waals surface area (Å²) in [5, 5.41) is 3.20. The molecule has 0 saturated carbocycles. The highest BCUT2D eigenvalue weighted by Crippen LogP contribution is 2.24. The normalized spacial score (nSPS) is 10.7. The van der Waals surface area contributed by atoms with Crippen LogP contribution in [0.5, 0.6) is 5.75 Å². The Hall–Kier alpha value is -0.860. The van der Waals surface area contributed by atoms with Crippen molar-refractivity contribution in [1.29, 1.82) is 0 Å². The van der Waals surface area contributed by atoms with Crippen LogP contribution in [0, 0.1) is 0 Å². The molecule has 0 heterocycles. The third kappa shape index (κ3) is 3.95. The fraction of sp³-hybridized carbons (Fsp3) is 0.333. The highest BCUT2D eigenvalue weighted by atomic mass is 35.5. The first-order chi connectivity index (χ1) is 7.81. The Morgan fingerprint density at radius 2 is 2.25 bits per heavy atom. The van der Waals surface area contributed by atoms with Gasteiger partial charge in [-0.3, -0.25) is 0 Å². The van der Waals surface area contributed by atoms with Gasteiger partial charge in [0.2, 0.25) is 0 Å². The van der Waals surface area contributed by atoms with E-state index in [-0.39, 0.29) is 0 Å². The van der Waals surface area contributed by atoms with Gasteiger partial charge < -0.3 is 10.1 Å². The first-order valence-electron chi connectivity index (χ1n) is 5.12. The molecule has 88 valence electrons. The van der Waals surface area contributed by atoms with Crippen LogP contribution in [0.2, 0.25) is 0 Å². The number of benzene rings is 1. The quantitative estimate of drug-likeness (QED) is 0.781. The highest BCUT2D eigenvalue weighted by molar-refractivity contribution is 6.25. The SMILES string of the molecule is CCOc1ccc(NC/C=C/Cl)cc1CCl. The minimum atomic E-state index is 0.441. The Morgan fingerprint density at radius 3 is 2.88 bits per heavy atom. The third-order valence-electron chi connectivity index (χ3n) is 2.02. The Labute approximate surface area is 106 Å². The summed E-state index contributed by atoms with van der Waals surface area (Å²) in [5.74, 6) is 1.28. The van der Waals surface area contributed by atoms with Crippen molar-refractivity contribution in [3.05, 3.63) is 35.4 Å². The number of ether oxygens (including phenoxy) is 1. The molecule has 1 N–H and O–H groups in total. The fourth-order valence-corrected chi connectivity index (χ4v) is 1.61. The number of rotatable bonds is 6. The zero-order valence-corrected chi connectivity index (χ0v) is 10.7. The summed E-state index contributed by atoms with van der Waals surface area (Å²) in [7, 11) is 0. The lowest BCUT2D eigenvalue weighted by Crippen LogP contribution is -2.00. The molecule has 0 amide bonds. The van der Waals surface area contributed by atoms with Crippen molar-refractivity contribution >= 4 is 28.9 Å². The van der Waals surface area contributed by atoms with Gasteiger partial charge in [0.1, 0.15) is 5.75 Å². The van der Waals surface area contributed by atoms with Crippen molar-refractivity contribution < 1.29 is 4.74 Å². The van der Waals surface area contributed by atoms with E-state index < -0.39 is 0 Å². The smallest absolute Gasteiger partial charge is 0.123 e. The summed E-state index contributed by atoms with van der Waals surface area (Å²) in [5.41, 5.74) is 3.49. The molecular formula is C12H15Cl2NO. The van der Waals surface area contributed by atoms with Crippen LogP contribution in [-0.4, -0.2) is 13.2 Å². The summed E-state index contributed by atoms with van der Waals surface area (Å²) in [4.78, 5) is 0. The van der Waals surface area contributed by atoms with Gasteiger partial charge in [-0.2, -0.15) is 0 Å². The van der Waals surface area contributed by atoms with Crippen molar-refractivity contribution in [3.63, 3.8) is 0 Å². The molecule has 1 aromatic carbocycles. The van der Waals surface area contributed by atoms with Crippen LogP contribution in [0.15, 0.2) is 29.8 Å². The molecular weight excluding hydrogens is 245 g/mol. The van der Waals surface area contributed by atoms with Gasteiger partial charge in [-0.15, -0.1) is 11.6 Å². The minimum absolute atomic E-state index is 0.441. The Balaban J connectivity index is 2.73. The van der Waals surface area contributed by atoms with Crippen LogP contribution in [0.3, 0.4) is 0 Å². The van der Waals surface area contributed by atoms with E-state index in [9.17, 15) is 0 Å². The molecule has 0 saturated heterocycles. The van der Waals surface area contributed by atoms with Crippen molar-refractivity contribution in [2.45, 2.75) is 12.8 Å². The van der Waals surface area contributed by atoms with E-state index in [0.717, 1.165) is 17.0 Å².